The summed E-state index contributed by atoms with van der Waals surface area (Å²) in [6.07, 6.45) is 6.47. The average Bonchev–Trinajstić information content (AvgIpc) is 3.49. The van der Waals surface area contributed by atoms with Crippen LogP contribution in [-0.2, 0) is 9.53 Å². The second-order valence-corrected chi connectivity index (χ2v) is 8.67. The van der Waals surface area contributed by atoms with Gasteiger partial charge in [0.1, 0.15) is 11.9 Å². The standard InChI is InChI=1S/C21H24N4O3S/c1-13(15-8-20(26)22-9-15)28-19-7-14(6-18-21(19)29-12-23-18)16-10-24-25(11-16)17-2-4-27-5-3-17/h6-7,10-13,15,17H,2-5,8-9H2,1H3,(H,22,26). The fourth-order valence-corrected chi connectivity index (χ4v) is 4.81. The Morgan fingerprint density at radius 2 is 2.17 bits per heavy atom. The molecule has 0 bridgehead atoms. The van der Waals surface area contributed by atoms with Crippen LogP contribution in [-0.4, -0.2) is 46.5 Å². The minimum Gasteiger partial charge on any atom is -0.489 e. The first kappa shape index (κ1) is 18.6. The molecule has 0 aliphatic carbocycles. The van der Waals surface area contributed by atoms with Crippen molar-refractivity contribution in [2.45, 2.75) is 38.3 Å². The third-order valence-corrected chi connectivity index (χ3v) is 6.74. The van der Waals surface area contributed by atoms with Crippen molar-refractivity contribution in [1.29, 1.82) is 0 Å². The van der Waals surface area contributed by atoms with Gasteiger partial charge in [0.2, 0.25) is 5.91 Å². The van der Waals surface area contributed by atoms with Crippen LogP contribution >= 0.6 is 11.3 Å². The van der Waals surface area contributed by atoms with Crippen LogP contribution in [0.3, 0.4) is 0 Å². The lowest BCUT2D eigenvalue weighted by Crippen LogP contribution is -2.25. The molecule has 3 aromatic rings. The Bertz CT molecular complexity index is 1020. The van der Waals surface area contributed by atoms with Crippen LogP contribution < -0.4 is 10.1 Å². The number of fused-ring (bicyclic) bond motifs is 1. The summed E-state index contributed by atoms with van der Waals surface area (Å²) in [5.41, 5.74) is 4.87. The number of hydrogen-bond acceptors (Lipinski definition) is 6. The molecule has 2 fully saturated rings. The molecule has 1 N–H and O–H groups in total. The van der Waals surface area contributed by atoms with Crippen LogP contribution in [0, 0.1) is 5.92 Å². The van der Waals surface area contributed by atoms with Gasteiger partial charge in [-0.2, -0.15) is 5.10 Å². The maximum absolute atomic E-state index is 11.6. The van der Waals surface area contributed by atoms with Gasteiger partial charge in [-0.05, 0) is 37.5 Å². The highest BCUT2D eigenvalue weighted by Crippen LogP contribution is 2.36. The van der Waals surface area contributed by atoms with Crippen LogP contribution in [0.25, 0.3) is 21.3 Å². The Labute approximate surface area is 173 Å². The summed E-state index contributed by atoms with van der Waals surface area (Å²) >= 11 is 1.58. The molecule has 2 saturated heterocycles. The minimum absolute atomic E-state index is 0.0561. The Morgan fingerprint density at radius 3 is 2.97 bits per heavy atom. The van der Waals surface area contributed by atoms with E-state index < -0.39 is 0 Å². The molecule has 8 heteroatoms. The van der Waals surface area contributed by atoms with E-state index in [2.05, 4.69) is 38.4 Å². The molecule has 29 heavy (non-hydrogen) atoms. The number of hydrogen-bond donors (Lipinski definition) is 1. The molecule has 0 radical (unpaired) electrons. The molecule has 4 heterocycles. The highest BCUT2D eigenvalue weighted by atomic mass is 32.1. The van der Waals surface area contributed by atoms with E-state index in [1.165, 1.54) is 0 Å². The number of benzene rings is 1. The van der Waals surface area contributed by atoms with Crippen LogP contribution in [0.4, 0.5) is 0 Å². The van der Waals surface area contributed by atoms with E-state index in [1.54, 1.807) is 11.3 Å². The molecule has 152 valence electrons. The van der Waals surface area contributed by atoms with Crippen LogP contribution in [0.5, 0.6) is 5.75 Å². The maximum Gasteiger partial charge on any atom is 0.220 e. The first-order chi connectivity index (χ1) is 14.2. The van der Waals surface area contributed by atoms with Gasteiger partial charge in [0.05, 0.1) is 28.0 Å². The number of rotatable bonds is 5. The number of nitrogens with one attached hydrogen (secondary N) is 1. The minimum atomic E-state index is -0.0561. The van der Waals surface area contributed by atoms with Gasteiger partial charge in [0.25, 0.3) is 0 Å². The van der Waals surface area contributed by atoms with Gasteiger partial charge < -0.3 is 14.8 Å². The van der Waals surface area contributed by atoms with Crippen molar-refractivity contribution >= 4 is 27.5 Å². The molecule has 7 nitrogen and oxygen atoms in total. The van der Waals surface area contributed by atoms with E-state index in [1.807, 2.05) is 18.6 Å². The summed E-state index contributed by atoms with van der Waals surface area (Å²) in [5, 5.41) is 7.49. The van der Waals surface area contributed by atoms with Crippen molar-refractivity contribution in [3.8, 4) is 16.9 Å². The predicted octanol–water partition coefficient (Wildman–Crippen LogP) is 3.41. The number of thiazole rings is 1. The lowest BCUT2D eigenvalue weighted by Gasteiger charge is -2.22. The van der Waals surface area contributed by atoms with E-state index in [4.69, 9.17) is 9.47 Å². The molecule has 5 rings (SSSR count). The van der Waals surface area contributed by atoms with E-state index in [9.17, 15) is 4.79 Å². The molecule has 0 saturated carbocycles. The summed E-state index contributed by atoms with van der Waals surface area (Å²) in [4.78, 5) is 16.1. The van der Waals surface area contributed by atoms with Gasteiger partial charge >= 0.3 is 0 Å². The molecule has 0 spiro atoms. The molecular weight excluding hydrogens is 388 g/mol. The van der Waals surface area contributed by atoms with Crippen molar-refractivity contribution in [3.05, 3.63) is 30.0 Å². The molecule has 2 aromatic heterocycles. The molecule has 2 atom stereocenters. The van der Waals surface area contributed by atoms with E-state index in [0.717, 1.165) is 53.1 Å². The zero-order valence-electron chi connectivity index (χ0n) is 16.3. The molecule has 2 aliphatic heterocycles. The van der Waals surface area contributed by atoms with Gasteiger partial charge in [0, 0.05) is 43.9 Å². The second-order valence-electron chi connectivity index (χ2n) is 7.82. The zero-order valence-corrected chi connectivity index (χ0v) is 17.2. The van der Waals surface area contributed by atoms with Crippen molar-refractivity contribution < 1.29 is 14.3 Å². The number of aromatic nitrogens is 3. The van der Waals surface area contributed by atoms with E-state index >= 15 is 0 Å². The largest absolute Gasteiger partial charge is 0.489 e. The first-order valence-corrected chi connectivity index (χ1v) is 11.0. The number of carbonyl (C=O) groups is 1. The van der Waals surface area contributed by atoms with Crippen molar-refractivity contribution in [1.82, 2.24) is 20.1 Å². The molecular formula is C21H24N4O3S. The normalized spacial score (nSPS) is 21.4. The number of carbonyl (C=O) groups excluding carboxylic acids is 1. The maximum atomic E-state index is 11.6. The molecule has 1 aromatic carbocycles. The smallest absolute Gasteiger partial charge is 0.220 e. The van der Waals surface area contributed by atoms with Crippen LogP contribution in [0.15, 0.2) is 30.0 Å². The SMILES string of the molecule is CC(Oc1cc(-c2cnn(C3CCOCC3)c2)cc2ncsc12)C1CNC(=O)C1. The average molecular weight is 413 g/mol. The molecule has 2 aliphatic rings. The number of nitrogens with zero attached hydrogens (tertiary/aromatic N) is 3. The quantitative estimate of drug-likeness (QED) is 0.695. The Kier molecular flexibility index (Phi) is 4.97. The second kappa shape index (κ2) is 7.76. The fourth-order valence-electron chi connectivity index (χ4n) is 4.08. The zero-order chi connectivity index (χ0) is 19.8. The fraction of sp³-hybridized carbons (Fsp3) is 0.476. The summed E-state index contributed by atoms with van der Waals surface area (Å²) in [6, 6.07) is 4.56. The predicted molar refractivity (Wildman–Crippen MR) is 111 cm³/mol. The summed E-state index contributed by atoms with van der Waals surface area (Å²) in [7, 11) is 0. The van der Waals surface area contributed by atoms with E-state index in [0.29, 0.717) is 19.0 Å². The van der Waals surface area contributed by atoms with Crippen LogP contribution in [0.2, 0.25) is 0 Å². The van der Waals surface area contributed by atoms with Gasteiger partial charge in [-0.15, -0.1) is 11.3 Å². The lowest BCUT2D eigenvalue weighted by molar-refractivity contribution is -0.119. The highest BCUT2D eigenvalue weighted by Gasteiger charge is 2.28. The summed E-state index contributed by atoms with van der Waals surface area (Å²) in [6.45, 7) is 4.29. The molecule has 2 unspecified atom stereocenters. The van der Waals surface area contributed by atoms with E-state index in [-0.39, 0.29) is 17.9 Å². The highest BCUT2D eigenvalue weighted by molar-refractivity contribution is 7.17. The lowest BCUT2D eigenvalue weighted by atomic mass is 10.0. The Hall–Kier alpha value is -2.45. The molecule has 1 amide bonds. The van der Waals surface area contributed by atoms with Crippen molar-refractivity contribution in [3.63, 3.8) is 0 Å². The number of amides is 1. The Morgan fingerprint density at radius 1 is 1.31 bits per heavy atom. The third kappa shape index (κ3) is 3.74. The van der Waals surface area contributed by atoms with Gasteiger partial charge in [-0.3, -0.25) is 9.48 Å². The van der Waals surface area contributed by atoms with Crippen molar-refractivity contribution in [2.75, 3.05) is 19.8 Å². The Balaban J connectivity index is 1.43. The number of ether oxygens (including phenoxy) is 2. The topological polar surface area (TPSA) is 78.3 Å². The van der Waals surface area contributed by atoms with Crippen LogP contribution in [0.1, 0.15) is 32.2 Å². The monoisotopic (exact) mass is 412 g/mol. The van der Waals surface area contributed by atoms with Gasteiger partial charge in [-0.1, -0.05) is 0 Å². The summed E-state index contributed by atoms with van der Waals surface area (Å²) in [5.74, 6) is 1.11. The van der Waals surface area contributed by atoms with Crippen molar-refractivity contribution in [2.24, 2.45) is 5.92 Å². The van der Waals surface area contributed by atoms with Gasteiger partial charge in [0.15, 0.2) is 0 Å². The third-order valence-electron chi connectivity index (χ3n) is 5.88. The first-order valence-electron chi connectivity index (χ1n) is 10.1. The van der Waals surface area contributed by atoms with Gasteiger partial charge in [-0.25, -0.2) is 4.98 Å². The summed E-state index contributed by atoms with van der Waals surface area (Å²) < 4.78 is 14.9.